The second kappa shape index (κ2) is 4.46. The van der Waals surface area contributed by atoms with E-state index < -0.39 is 10.0 Å². The van der Waals surface area contributed by atoms with E-state index in [9.17, 15) is 8.42 Å². The molecule has 2 atom stereocenters. The minimum atomic E-state index is -3.52. The standard InChI is InChI=1S/C12H17ClN2O3S/c1-7-12(8(2)18-14-7)19(16,17)15-10-3-4-11(15)6-9(13)5-10/h9-11H,3-6H2,1-2H3. The summed E-state index contributed by atoms with van der Waals surface area (Å²) in [5.41, 5.74) is 0.435. The van der Waals surface area contributed by atoms with Gasteiger partial charge in [-0.05, 0) is 39.5 Å². The summed E-state index contributed by atoms with van der Waals surface area (Å²) < 4.78 is 32.3. The number of alkyl halides is 1. The fourth-order valence-corrected chi connectivity index (χ4v) is 6.01. The molecule has 2 aliphatic rings. The van der Waals surface area contributed by atoms with Gasteiger partial charge in [0.25, 0.3) is 0 Å². The molecule has 106 valence electrons. The fraction of sp³-hybridized carbons (Fsp3) is 0.750. The molecule has 2 fully saturated rings. The summed E-state index contributed by atoms with van der Waals surface area (Å²) in [6, 6.07) is 0.0555. The van der Waals surface area contributed by atoms with Gasteiger partial charge in [-0.2, -0.15) is 4.31 Å². The monoisotopic (exact) mass is 304 g/mol. The SMILES string of the molecule is Cc1noc(C)c1S(=O)(=O)N1C2CCC1CC(Cl)C2. The molecule has 0 amide bonds. The Hall–Kier alpha value is -0.590. The van der Waals surface area contributed by atoms with Crippen LogP contribution in [0.2, 0.25) is 0 Å². The maximum atomic E-state index is 12.8. The van der Waals surface area contributed by atoms with Gasteiger partial charge in [-0.15, -0.1) is 11.6 Å². The summed E-state index contributed by atoms with van der Waals surface area (Å²) in [6.07, 6.45) is 3.27. The van der Waals surface area contributed by atoms with Crippen LogP contribution in [0.3, 0.4) is 0 Å². The lowest BCUT2D eigenvalue weighted by Crippen LogP contribution is -2.47. The Bertz CT molecular complexity index is 565. The first-order chi connectivity index (χ1) is 8.91. The third-order valence-electron chi connectivity index (χ3n) is 4.11. The molecule has 1 aromatic heterocycles. The van der Waals surface area contributed by atoms with Crippen molar-refractivity contribution in [3.8, 4) is 0 Å². The van der Waals surface area contributed by atoms with Crippen molar-refractivity contribution in [2.24, 2.45) is 0 Å². The molecule has 0 N–H and O–H groups in total. The predicted octanol–water partition coefficient (Wildman–Crippen LogP) is 2.21. The van der Waals surface area contributed by atoms with E-state index in [-0.39, 0.29) is 22.4 Å². The summed E-state index contributed by atoms with van der Waals surface area (Å²) >= 11 is 6.20. The average molecular weight is 305 g/mol. The highest BCUT2D eigenvalue weighted by atomic mass is 35.5. The van der Waals surface area contributed by atoms with Crippen LogP contribution in [0.4, 0.5) is 0 Å². The lowest BCUT2D eigenvalue weighted by Gasteiger charge is -2.35. The minimum absolute atomic E-state index is 0.0277. The number of nitrogens with zero attached hydrogens (tertiary/aromatic N) is 2. The third kappa shape index (κ3) is 2.00. The van der Waals surface area contributed by atoms with E-state index in [1.807, 2.05) is 0 Å². The van der Waals surface area contributed by atoms with E-state index in [1.54, 1.807) is 18.2 Å². The molecule has 0 radical (unpaired) electrons. The first kappa shape index (κ1) is 13.4. The van der Waals surface area contributed by atoms with Crippen LogP contribution in [0.15, 0.2) is 9.42 Å². The molecule has 19 heavy (non-hydrogen) atoms. The number of hydrogen-bond acceptors (Lipinski definition) is 4. The van der Waals surface area contributed by atoms with E-state index >= 15 is 0 Å². The van der Waals surface area contributed by atoms with E-state index in [2.05, 4.69) is 5.16 Å². The summed E-state index contributed by atoms with van der Waals surface area (Å²) in [6.45, 7) is 3.31. The number of aromatic nitrogens is 1. The molecular formula is C12H17ClN2O3S. The lowest BCUT2D eigenvalue weighted by atomic mass is 10.1. The van der Waals surface area contributed by atoms with Crippen molar-refractivity contribution >= 4 is 21.6 Å². The molecule has 3 rings (SSSR count). The summed E-state index contributed by atoms with van der Waals surface area (Å²) in [4.78, 5) is 0.234. The number of halogens is 1. The normalized spacial score (nSPS) is 31.8. The van der Waals surface area contributed by atoms with E-state index in [1.165, 1.54) is 0 Å². The van der Waals surface area contributed by atoms with Crippen molar-refractivity contribution < 1.29 is 12.9 Å². The zero-order chi connectivity index (χ0) is 13.8. The second-order valence-electron chi connectivity index (χ2n) is 5.44. The zero-order valence-corrected chi connectivity index (χ0v) is 12.5. The molecule has 0 aliphatic carbocycles. The number of rotatable bonds is 2. The Kier molecular flexibility index (Phi) is 3.15. The minimum Gasteiger partial charge on any atom is -0.360 e. The van der Waals surface area contributed by atoms with Gasteiger partial charge < -0.3 is 4.52 Å². The number of hydrogen-bond donors (Lipinski definition) is 0. The number of piperidine rings is 1. The van der Waals surface area contributed by atoms with Crippen LogP contribution in [0.25, 0.3) is 0 Å². The quantitative estimate of drug-likeness (QED) is 0.786. The van der Waals surface area contributed by atoms with Crippen LogP contribution in [-0.2, 0) is 10.0 Å². The Morgan fingerprint density at radius 1 is 1.26 bits per heavy atom. The Labute approximate surface area is 117 Å². The average Bonchev–Trinajstić information content (AvgIpc) is 2.79. The van der Waals surface area contributed by atoms with Crippen LogP contribution in [0.1, 0.15) is 37.1 Å². The van der Waals surface area contributed by atoms with Crippen molar-refractivity contribution in [3.63, 3.8) is 0 Å². The number of fused-ring (bicyclic) bond motifs is 2. The maximum absolute atomic E-state index is 12.8. The molecule has 1 aromatic rings. The second-order valence-corrected chi connectivity index (χ2v) is 7.84. The van der Waals surface area contributed by atoms with Crippen LogP contribution in [0, 0.1) is 13.8 Å². The third-order valence-corrected chi connectivity index (χ3v) is 6.72. The topological polar surface area (TPSA) is 63.4 Å². The molecule has 2 saturated heterocycles. The van der Waals surface area contributed by atoms with Crippen molar-refractivity contribution in [2.75, 3.05) is 0 Å². The Balaban J connectivity index is 2.03. The van der Waals surface area contributed by atoms with Gasteiger partial charge in [0.15, 0.2) is 5.76 Å². The van der Waals surface area contributed by atoms with E-state index in [0.29, 0.717) is 11.5 Å². The Morgan fingerprint density at radius 2 is 1.84 bits per heavy atom. The predicted molar refractivity (Wildman–Crippen MR) is 70.7 cm³/mol. The summed E-state index contributed by atoms with van der Waals surface area (Å²) in [7, 11) is -3.52. The highest BCUT2D eigenvalue weighted by Crippen LogP contribution is 2.42. The fourth-order valence-electron chi connectivity index (χ4n) is 3.41. The summed E-state index contributed by atoms with van der Waals surface area (Å²) in [5, 5.41) is 3.85. The van der Waals surface area contributed by atoms with Gasteiger partial charge in [0.2, 0.25) is 10.0 Å². The summed E-state index contributed by atoms with van der Waals surface area (Å²) in [5.74, 6) is 0.366. The van der Waals surface area contributed by atoms with Crippen LogP contribution < -0.4 is 0 Å². The first-order valence-corrected chi connectivity index (χ1v) is 8.39. The van der Waals surface area contributed by atoms with Crippen molar-refractivity contribution in [1.82, 2.24) is 9.46 Å². The van der Waals surface area contributed by atoms with Gasteiger partial charge in [-0.25, -0.2) is 8.42 Å². The number of sulfonamides is 1. The smallest absolute Gasteiger partial charge is 0.248 e. The molecule has 5 nitrogen and oxygen atoms in total. The molecule has 2 bridgehead atoms. The molecular weight excluding hydrogens is 288 g/mol. The van der Waals surface area contributed by atoms with E-state index in [4.69, 9.17) is 16.1 Å². The maximum Gasteiger partial charge on any atom is 0.248 e. The molecule has 0 saturated carbocycles. The van der Waals surface area contributed by atoms with Gasteiger partial charge >= 0.3 is 0 Å². The van der Waals surface area contributed by atoms with Gasteiger partial charge in [-0.1, -0.05) is 5.16 Å². The molecule has 0 spiro atoms. The highest BCUT2D eigenvalue weighted by molar-refractivity contribution is 7.89. The van der Waals surface area contributed by atoms with E-state index in [0.717, 1.165) is 25.7 Å². The number of aryl methyl sites for hydroxylation is 2. The van der Waals surface area contributed by atoms with Crippen LogP contribution >= 0.6 is 11.6 Å². The molecule has 2 unspecified atom stereocenters. The largest absolute Gasteiger partial charge is 0.360 e. The van der Waals surface area contributed by atoms with Crippen molar-refractivity contribution in [3.05, 3.63) is 11.5 Å². The van der Waals surface area contributed by atoms with Gasteiger partial charge in [0, 0.05) is 17.5 Å². The first-order valence-electron chi connectivity index (χ1n) is 6.51. The zero-order valence-electron chi connectivity index (χ0n) is 11.0. The van der Waals surface area contributed by atoms with Crippen LogP contribution in [0.5, 0.6) is 0 Å². The van der Waals surface area contributed by atoms with Crippen LogP contribution in [-0.4, -0.2) is 35.3 Å². The Morgan fingerprint density at radius 3 is 2.32 bits per heavy atom. The van der Waals surface area contributed by atoms with Crippen molar-refractivity contribution in [1.29, 1.82) is 0 Å². The highest BCUT2D eigenvalue weighted by Gasteiger charge is 2.48. The molecule has 3 heterocycles. The molecule has 0 aromatic carbocycles. The van der Waals surface area contributed by atoms with Gasteiger partial charge in [-0.3, -0.25) is 0 Å². The molecule has 7 heteroatoms. The lowest BCUT2D eigenvalue weighted by molar-refractivity contribution is 0.251. The van der Waals surface area contributed by atoms with Crippen molar-refractivity contribution in [2.45, 2.75) is 61.9 Å². The molecule has 2 aliphatic heterocycles. The van der Waals surface area contributed by atoms with Gasteiger partial charge in [0.1, 0.15) is 10.6 Å². The van der Waals surface area contributed by atoms with Gasteiger partial charge in [0.05, 0.1) is 0 Å².